The Morgan fingerprint density at radius 1 is 1.30 bits per heavy atom. The van der Waals surface area contributed by atoms with Gasteiger partial charge in [-0.3, -0.25) is 4.79 Å². The van der Waals surface area contributed by atoms with Gasteiger partial charge in [0.25, 0.3) is 0 Å². The third kappa shape index (κ3) is 5.90. The minimum Gasteiger partial charge on any atom is -0.396 e. The summed E-state index contributed by atoms with van der Waals surface area (Å²) in [4.78, 5) is 11.9. The number of rotatable bonds is 6. The SMILES string of the molecule is CC(C)(C)C(CCO)NCC(=O)Nc1ccc(Cl)cc1. The summed E-state index contributed by atoms with van der Waals surface area (Å²) in [6.45, 7) is 6.56. The maximum absolute atomic E-state index is 11.9. The molecule has 0 radical (unpaired) electrons. The van der Waals surface area contributed by atoms with Crippen molar-refractivity contribution in [2.24, 2.45) is 5.41 Å². The summed E-state index contributed by atoms with van der Waals surface area (Å²) >= 11 is 5.79. The summed E-state index contributed by atoms with van der Waals surface area (Å²) < 4.78 is 0. The van der Waals surface area contributed by atoms with E-state index in [1.54, 1.807) is 24.3 Å². The molecule has 1 rings (SSSR count). The molecule has 0 aromatic heterocycles. The van der Waals surface area contributed by atoms with E-state index < -0.39 is 0 Å². The normalized spacial score (nSPS) is 13.1. The van der Waals surface area contributed by atoms with Crippen molar-refractivity contribution in [1.82, 2.24) is 5.32 Å². The Kier molecular flexibility index (Phi) is 6.46. The zero-order valence-electron chi connectivity index (χ0n) is 12.2. The molecule has 4 nitrogen and oxygen atoms in total. The third-order valence-electron chi connectivity index (χ3n) is 3.10. The highest BCUT2D eigenvalue weighted by molar-refractivity contribution is 6.30. The van der Waals surface area contributed by atoms with Crippen LogP contribution in [0.15, 0.2) is 24.3 Å². The largest absolute Gasteiger partial charge is 0.396 e. The molecule has 1 amide bonds. The first-order valence-electron chi connectivity index (χ1n) is 6.72. The summed E-state index contributed by atoms with van der Waals surface area (Å²) in [5, 5.41) is 15.7. The molecule has 0 fully saturated rings. The van der Waals surface area contributed by atoms with Crippen LogP contribution in [0.1, 0.15) is 27.2 Å². The van der Waals surface area contributed by atoms with Crippen LogP contribution >= 0.6 is 11.6 Å². The minimum atomic E-state index is -0.112. The van der Waals surface area contributed by atoms with E-state index in [9.17, 15) is 4.79 Å². The molecule has 0 saturated carbocycles. The van der Waals surface area contributed by atoms with Gasteiger partial charge >= 0.3 is 0 Å². The molecule has 1 atom stereocenters. The standard InChI is InChI=1S/C15H23ClN2O2/c1-15(2,3)13(8-9-19)17-10-14(20)18-12-6-4-11(16)5-7-12/h4-7,13,17,19H,8-10H2,1-3H3,(H,18,20). The van der Waals surface area contributed by atoms with Crippen molar-refractivity contribution in [2.45, 2.75) is 33.2 Å². The predicted molar refractivity (Wildman–Crippen MR) is 83.0 cm³/mol. The van der Waals surface area contributed by atoms with Gasteiger partial charge in [-0.2, -0.15) is 0 Å². The van der Waals surface area contributed by atoms with E-state index in [2.05, 4.69) is 31.4 Å². The molecule has 3 N–H and O–H groups in total. The van der Waals surface area contributed by atoms with Crippen LogP contribution in [-0.2, 0) is 4.79 Å². The fraction of sp³-hybridized carbons (Fsp3) is 0.533. The Morgan fingerprint density at radius 3 is 2.40 bits per heavy atom. The first kappa shape index (κ1) is 17.0. The summed E-state index contributed by atoms with van der Waals surface area (Å²) in [7, 11) is 0. The van der Waals surface area contributed by atoms with Crippen molar-refractivity contribution in [3.8, 4) is 0 Å². The second-order valence-electron chi connectivity index (χ2n) is 5.87. The number of aliphatic hydroxyl groups excluding tert-OH is 1. The zero-order chi connectivity index (χ0) is 15.2. The maximum Gasteiger partial charge on any atom is 0.238 e. The van der Waals surface area contributed by atoms with Gasteiger partial charge in [0.2, 0.25) is 5.91 Å². The van der Waals surface area contributed by atoms with E-state index in [0.717, 1.165) is 5.69 Å². The highest BCUT2D eigenvalue weighted by atomic mass is 35.5. The lowest BCUT2D eigenvalue weighted by molar-refractivity contribution is -0.115. The molecule has 0 saturated heterocycles. The van der Waals surface area contributed by atoms with Gasteiger partial charge in [-0.15, -0.1) is 0 Å². The highest BCUT2D eigenvalue weighted by Crippen LogP contribution is 2.21. The van der Waals surface area contributed by atoms with Crippen molar-refractivity contribution in [3.63, 3.8) is 0 Å². The first-order valence-corrected chi connectivity index (χ1v) is 7.10. The Hall–Kier alpha value is -1.10. The maximum atomic E-state index is 11.9. The van der Waals surface area contributed by atoms with Crippen LogP contribution in [0.3, 0.4) is 0 Å². The smallest absolute Gasteiger partial charge is 0.238 e. The second-order valence-corrected chi connectivity index (χ2v) is 6.30. The number of hydrogen-bond donors (Lipinski definition) is 3. The first-order chi connectivity index (χ1) is 9.32. The van der Waals surface area contributed by atoms with E-state index in [-0.39, 0.29) is 30.5 Å². The molecule has 0 aliphatic carbocycles. The number of amides is 1. The lowest BCUT2D eigenvalue weighted by Crippen LogP contribution is -2.44. The van der Waals surface area contributed by atoms with Crippen molar-refractivity contribution < 1.29 is 9.90 Å². The van der Waals surface area contributed by atoms with Crippen LogP contribution in [-0.4, -0.2) is 30.2 Å². The number of benzene rings is 1. The molecule has 5 heteroatoms. The summed E-state index contributed by atoms with van der Waals surface area (Å²) in [5.74, 6) is -0.112. The van der Waals surface area contributed by atoms with Gasteiger partial charge in [0.15, 0.2) is 0 Å². The number of anilines is 1. The van der Waals surface area contributed by atoms with Gasteiger partial charge in [0, 0.05) is 23.4 Å². The van der Waals surface area contributed by atoms with E-state index in [4.69, 9.17) is 16.7 Å². The fourth-order valence-corrected chi connectivity index (χ4v) is 2.05. The quantitative estimate of drug-likeness (QED) is 0.757. The zero-order valence-corrected chi connectivity index (χ0v) is 13.0. The van der Waals surface area contributed by atoms with Gasteiger partial charge in [0.05, 0.1) is 6.54 Å². The van der Waals surface area contributed by atoms with Gasteiger partial charge in [-0.1, -0.05) is 32.4 Å². The number of hydrogen-bond acceptors (Lipinski definition) is 3. The molecular weight excluding hydrogens is 276 g/mol. The van der Waals surface area contributed by atoms with Gasteiger partial charge in [-0.25, -0.2) is 0 Å². The van der Waals surface area contributed by atoms with Gasteiger partial charge in [0.1, 0.15) is 0 Å². The lowest BCUT2D eigenvalue weighted by Gasteiger charge is -2.31. The number of carbonyl (C=O) groups excluding carboxylic acids is 1. The average molecular weight is 299 g/mol. The Balaban J connectivity index is 2.47. The molecule has 20 heavy (non-hydrogen) atoms. The Morgan fingerprint density at radius 2 is 1.90 bits per heavy atom. The minimum absolute atomic E-state index is 0.0106. The van der Waals surface area contributed by atoms with Crippen molar-refractivity contribution >= 4 is 23.2 Å². The van der Waals surface area contributed by atoms with Crippen molar-refractivity contribution in [1.29, 1.82) is 0 Å². The topological polar surface area (TPSA) is 61.4 Å². The van der Waals surface area contributed by atoms with E-state index >= 15 is 0 Å². The van der Waals surface area contributed by atoms with Crippen LogP contribution in [0.5, 0.6) is 0 Å². The fourth-order valence-electron chi connectivity index (χ4n) is 1.92. The summed E-state index contributed by atoms with van der Waals surface area (Å²) in [6, 6.07) is 7.07. The number of halogens is 1. The molecule has 0 aliphatic rings. The molecule has 0 spiro atoms. The molecule has 1 aromatic rings. The molecule has 1 aromatic carbocycles. The molecule has 0 bridgehead atoms. The van der Waals surface area contributed by atoms with Crippen LogP contribution < -0.4 is 10.6 Å². The number of carbonyl (C=O) groups is 1. The van der Waals surface area contributed by atoms with Crippen LogP contribution in [0.4, 0.5) is 5.69 Å². The summed E-state index contributed by atoms with van der Waals surface area (Å²) in [5.41, 5.74) is 0.708. The van der Waals surface area contributed by atoms with Crippen molar-refractivity contribution in [2.75, 3.05) is 18.5 Å². The molecule has 0 aliphatic heterocycles. The lowest BCUT2D eigenvalue weighted by atomic mass is 9.85. The Labute approximate surface area is 125 Å². The van der Waals surface area contributed by atoms with Crippen LogP contribution in [0, 0.1) is 5.41 Å². The predicted octanol–water partition coefficient (Wildman–Crippen LogP) is 2.67. The van der Waals surface area contributed by atoms with E-state index in [0.29, 0.717) is 11.4 Å². The molecule has 0 heterocycles. The van der Waals surface area contributed by atoms with Crippen molar-refractivity contribution in [3.05, 3.63) is 29.3 Å². The molecular formula is C15H23ClN2O2. The van der Waals surface area contributed by atoms with Crippen LogP contribution in [0.25, 0.3) is 0 Å². The Bertz CT molecular complexity index is 426. The highest BCUT2D eigenvalue weighted by Gasteiger charge is 2.24. The monoisotopic (exact) mass is 298 g/mol. The van der Waals surface area contributed by atoms with Gasteiger partial charge < -0.3 is 15.7 Å². The molecule has 112 valence electrons. The van der Waals surface area contributed by atoms with Crippen LogP contribution in [0.2, 0.25) is 5.02 Å². The number of nitrogens with one attached hydrogen (secondary N) is 2. The third-order valence-corrected chi connectivity index (χ3v) is 3.35. The van der Waals surface area contributed by atoms with Gasteiger partial charge in [-0.05, 0) is 36.1 Å². The average Bonchev–Trinajstić information content (AvgIpc) is 2.36. The molecule has 1 unspecified atom stereocenters. The van der Waals surface area contributed by atoms with E-state index in [1.165, 1.54) is 0 Å². The second kappa shape index (κ2) is 7.62. The summed E-state index contributed by atoms with van der Waals surface area (Å²) in [6.07, 6.45) is 0.623. The van der Waals surface area contributed by atoms with E-state index in [1.807, 2.05) is 0 Å². The number of aliphatic hydroxyl groups is 1.